The zero-order valence-electron chi connectivity index (χ0n) is 19.6. The van der Waals surface area contributed by atoms with E-state index in [9.17, 15) is 9.59 Å². The quantitative estimate of drug-likeness (QED) is 0.504. The molecule has 3 N–H and O–H groups in total. The average molecular weight is 463 g/mol. The van der Waals surface area contributed by atoms with E-state index >= 15 is 0 Å². The number of pyridine rings is 2. The maximum Gasteiger partial charge on any atom is 0.407 e. The SMILES string of the molecule is CCNC(=O)Nc1cc2c(-c3ccnc(N4CCCCC4)c3)ccc(CNC(=O)OC)c2cn1. The summed E-state index contributed by atoms with van der Waals surface area (Å²) in [5, 5.41) is 10.0. The summed E-state index contributed by atoms with van der Waals surface area (Å²) < 4.78 is 4.70. The van der Waals surface area contributed by atoms with Gasteiger partial charge in [-0.15, -0.1) is 0 Å². The van der Waals surface area contributed by atoms with Gasteiger partial charge in [-0.1, -0.05) is 12.1 Å². The number of rotatable bonds is 6. The second-order valence-electron chi connectivity index (χ2n) is 8.17. The van der Waals surface area contributed by atoms with E-state index in [1.165, 1.54) is 26.4 Å². The number of hydrogen-bond acceptors (Lipinski definition) is 6. The van der Waals surface area contributed by atoms with Gasteiger partial charge in [-0.3, -0.25) is 5.32 Å². The first-order valence-corrected chi connectivity index (χ1v) is 11.6. The number of amides is 3. The Hall–Kier alpha value is -3.88. The molecule has 0 unspecified atom stereocenters. The number of piperidine rings is 1. The minimum Gasteiger partial charge on any atom is -0.453 e. The lowest BCUT2D eigenvalue weighted by atomic mass is 9.96. The van der Waals surface area contributed by atoms with Crippen molar-refractivity contribution < 1.29 is 14.3 Å². The Kier molecular flexibility index (Phi) is 7.41. The third-order valence-corrected chi connectivity index (χ3v) is 5.92. The van der Waals surface area contributed by atoms with Gasteiger partial charge in [0.25, 0.3) is 0 Å². The second kappa shape index (κ2) is 10.8. The van der Waals surface area contributed by atoms with Crippen LogP contribution in [-0.2, 0) is 11.3 Å². The largest absolute Gasteiger partial charge is 0.453 e. The lowest BCUT2D eigenvalue weighted by Gasteiger charge is -2.28. The summed E-state index contributed by atoms with van der Waals surface area (Å²) in [6.07, 6.45) is 6.68. The molecule has 4 rings (SSSR count). The van der Waals surface area contributed by atoms with Gasteiger partial charge in [0.15, 0.2) is 0 Å². The highest BCUT2D eigenvalue weighted by Gasteiger charge is 2.15. The Morgan fingerprint density at radius 3 is 2.62 bits per heavy atom. The zero-order chi connectivity index (χ0) is 23.9. The van der Waals surface area contributed by atoms with Crippen molar-refractivity contribution in [3.63, 3.8) is 0 Å². The van der Waals surface area contributed by atoms with Crippen molar-refractivity contribution in [2.75, 3.05) is 37.0 Å². The first-order valence-electron chi connectivity index (χ1n) is 11.6. The smallest absolute Gasteiger partial charge is 0.407 e. The lowest BCUT2D eigenvalue weighted by molar-refractivity contribution is 0.170. The number of carbonyl (C=O) groups is 2. The summed E-state index contributed by atoms with van der Waals surface area (Å²) >= 11 is 0. The number of fused-ring (bicyclic) bond motifs is 1. The van der Waals surface area contributed by atoms with Crippen molar-refractivity contribution in [2.24, 2.45) is 0 Å². The van der Waals surface area contributed by atoms with Crippen LogP contribution in [0.4, 0.5) is 21.2 Å². The molecule has 0 aliphatic carbocycles. The predicted molar refractivity (Wildman–Crippen MR) is 133 cm³/mol. The van der Waals surface area contributed by atoms with Gasteiger partial charge >= 0.3 is 12.1 Å². The fourth-order valence-corrected chi connectivity index (χ4v) is 4.21. The molecule has 3 amide bonds. The average Bonchev–Trinajstić information content (AvgIpc) is 2.87. The van der Waals surface area contributed by atoms with Crippen LogP contribution in [0.25, 0.3) is 21.9 Å². The molecule has 1 aliphatic rings. The molecule has 9 nitrogen and oxygen atoms in total. The second-order valence-corrected chi connectivity index (χ2v) is 8.17. The number of hydrogen-bond donors (Lipinski definition) is 3. The fourth-order valence-electron chi connectivity index (χ4n) is 4.21. The lowest BCUT2D eigenvalue weighted by Crippen LogP contribution is -2.30. The van der Waals surface area contributed by atoms with Crippen LogP contribution in [0, 0.1) is 0 Å². The molecule has 9 heteroatoms. The van der Waals surface area contributed by atoms with E-state index in [0.717, 1.165) is 46.4 Å². The first-order chi connectivity index (χ1) is 16.6. The minimum atomic E-state index is -0.500. The third-order valence-electron chi connectivity index (χ3n) is 5.92. The van der Waals surface area contributed by atoms with E-state index in [1.807, 2.05) is 37.4 Å². The maximum absolute atomic E-state index is 12.1. The molecule has 2 aromatic heterocycles. The van der Waals surface area contributed by atoms with Crippen LogP contribution in [0.2, 0.25) is 0 Å². The molecule has 0 radical (unpaired) electrons. The van der Waals surface area contributed by atoms with Gasteiger partial charge in [0.2, 0.25) is 0 Å². The molecule has 0 spiro atoms. The van der Waals surface area contributed by atoms with E-state index in [-0.39, 0.29) is 6.03 Å². The molecule has 178 valence electrons. The van der Waals surface area contributed by atoms with Gasteiger partial charge in [-0.25, -0.2) is 19.6 Å². The minimum absolute atomic E-state index is 0.295. The Morgan fingerprint density at radius 2 is 1.85 bits per heavy atom. The Balaban J connectivity index is 1.75. The molecule has 1 fully saturated rings. The van der Waals surface area contributed by atoms with Crippen LogP contribution in [-0.4, -0.2) is 48.8 Å². The summed E-state index contributed by atoms with van der Waals surface area (Å²) in [6, 6.07) is 9.67. The maximum atomic E-state index is 12.1. The highest BCUT2D eigenvalue weighted by molar-refractivity contribution is 6.01. The highest BCUT2D eigenvalue weighted by atomic mass is 16.5. The number of nitrogens with zero attached hydrogens (tertiary/aromatic N) is 3. The molecule has 1 aromatic carbocycles. The van der Waals surface area contributed by atoms with Gasteiger partial charge in [0, 0.05) is 44.0 Å². The van der Waals surface area contributed by atoms with Crippen molar-refractivity contribution in [1.82, 2.24) is 20.6 Å². The van der Waals surface area contributed by atoms with Crippen LogP contribution in [0.15, 0.2) is 42.7 Å². The van der Waals surface area contributed by atoms with Gasteiger partial charge in [0.1, 0.15) is 11.6 Å². The molecular weight excluding hydrogens is 432 g/mol. The molecule has 34 heavy (non-hydrogen) atoms. The molecule has 0 bridgehead atoms. The number of alkyl carbamates (subject to hydrolysis) is 1. The topological polar surface area (TPSA) is 108 Å². The number of benzene rings is 1. The summed E-state index contributed by atoms with van der Waals surface area (Å²) in [4.78, 5) is 35.0. The monoisotopic (exact) mass is 462 g/mol. The third kappa shape index (κ3) is 5.36. The Morgan fingerprint density at radius 1 is 1.03 bits per heavy atom. The highest BCUT2D eigenvalue weighted by Crippen LogP contribution is 2.33. The number of ether oxygens (including phenoxy) is 1. The van der Waals surface area contributed by atoms with Crippen LogP contribution < -0.4 is 20.9 Å². The first kappa shape index (κ1) is 23.3. The van der Waals surface area contributed by atoms with Crippen LogP contribution >= 0.6 is 0 Å². The van der Waals surface area contributed by atoms with E-state index in [0.29, 0.717) is 18.9 Å². The van der Waals surface area contributed by atoms with Crippen LogP contribution in [0.3, 0.4) is 0 Å². The van der Waals surface area contributed by atoms with E-state index in [2.05, 4.69) is 36.9 Å². The molecule has 0 atom stereocenters. The molecule has 0 saturated carbocycles. The number of urea groups is 1. The standard InChI is InChI=1S/C25H30N6O3/c1-3-26-24(32)30-22-14-20-19(8-7-18(21(20)16-28-22)15-29-25(33)34-2)17-9-10-27-23(13-17)31-11-5-4-6-12-31/h7-10,13-14,16H,3-6,11-12,15H2,1-2H3,(H,29,33)(H2,26,28,30,32). The Labute approximate surface area is 198 Å². The summed E-state index contributed by atoms with van der Waals surface area (Å²) in [7, 11) is 1.33. The van der Waals surface area contributed by atoms with Crippen molar-refractivity contribution in [2.45, 2.75) is 32.7 Å². The van der Waals surface area contributed by atoms with Crippen molar-refractivity contribution in [1.29, 1.82) is 0 Å². The molecule has 1 aliphatic heterocycles. The van der Waals surface area contributed by atoms with Crippen LogP contribution in [0.1, 0.15) is 31.7 Å². The predicted octanol–water partition coefficient (Wildman–Crippen LogP) is 4.28. The molecular formula is C25H30N6O3. The van der Waals surface area contributed by atoms with E-state index in [1.54, 1.807) is 6.20 Å². The molecule has 3 heterocycles. The van der Waals surface area contributed by atoms with Crippen molar-refractivity contribution >= 4 is 34.5 Å². The zero-order valence-corrected chi connectivity index (χ0v) is 19.6. The number of aromatic nitrogens is 2. The van der Waals surface area contributed by atoms with Gasteiger partial charge in [-0.05, 0) is 66.5 Å². The normalized spacial score (nSPS) is 13.4. The molecule has 1 saturated heterocycles. The molecule has 3 aromatic rings. The number of nitrogens with one attached hydrogen (secondary N) is 3. The van der Waals surface area contributed by atoms with Crippen LogP contribution in [0.5, 0.6) is 0 Å². The van der Waals surface area contributed by atoms with Crippen molar-refractivity contribution in [3.05, 3.63) is 48.3 Å². The van der Waals surface area contributed by atoms with Crippen molar-refractivity contribution in [3.8, 4) is 11.1 Å². The summed E-state index contributed by atoms with van der Waals surface area (Å²) in [5.74, 6) is 1.42. The van der Waals surface area contributed by atoms with Gasteiger partial charge in [-0.2, -0.15) is 0 Å². The Bertz CT molecular complexity index is 1180. The number of carbonyl (C=O) groups excluding carboxylic acids is 2. The number of anilines is 2. The van der Waals surface area contributed by atoms with E-state index < -0.39 is 6.09 Å². The number of methoxy groups -OCH3 is 1. The van der Waals surface area contributed by atoms with Gasteiger partial charge < -0.3 is 20.3 Å². The summed E-state index contributed by atoms with van der Waals surface area (Å²) in [6.45, 7) is 4.70. The van der Waals surface area contributed by atoms with Gasteiger partial charge in [0.05, 0.1) is 7.11 Å². The fraction of sp³-hybridized carbons (Fsp3) is 0.360. The summed E-state index contributed by atoms with van der Waals surface area (Å²) in [5.41, 5.74) is 2.92. The van der Waals surface area contributed by atoms with E-state index in [4.69, 9.17) is 4.74 Å².